The van der Waals surface area contributed by atoms with Gasteiger partial charge >= 0.3 is 5.97 Å². The lowest BCUT2D eigenvalue weighted by Gasteiger charge is -2.43. The first-order valence-corrected chi connectivity index (χ1v) is 9.49. The maximum absolute atomic E-state index is 12.4. The molecular weight excluding hydrogens is 338 g/mol. The summed E-state index contributed by atoms with van der Waals surface area (Å²) < 4.78 is 4.99. The van der Waals surface area contributed by atoms with E-state index in [0.717, 1.165) is 19.4 Å². The molecule has 1 heterocycles. The van der Waals surface area contributed by atoms with Crippen molar-refractivity contribution in [2.75, 3.05) is 39.9 Å². The summed E-state index contributed by atoms with van der Waals surface area (Å²) in [6, 6.07) is 0.325. The van der Waals surface area contributed by atoms with Gasteiger partial charge in [0, 0.05) is 45.2 Å². The molecule has 0 radical (unpaired) electrons. The molecule has 0 spiro atoms. The lowest BCUT2D eigenvalue weighted by molar-refractivity contribution is -0.140. The fraction of sp³-hybridized carbons (Fsp3) is 0.833. The van der Waals surface area contributed by atoms with Gasteiger partial charge in [0.05, 0.1) is 19.1 Å². The zero-order chi connectivity index (χ0) is 18.7. The first-order valence-electron chi connectivity index (χ1n) is 9.49. The van der Waals surface area contributed by atoms with Crippen molar-refractivity contribution in [3.63, 3.8) is 0 Å². The van der Waals surface area contributed by atoms with Crippen LogP contribution in [-0.4, -0.2) is 84.7 Å². The Labute approximate surface area is 153 Å². The summed E-state index contributed by atoms with van der Waals surface area (Å²) in [6.07, 6.45) is 4.23. The predicted octanol–water partition coefficient (Wildman–Crippen LogP) is -0.0749. The monoisotopic (exact) mass is 367 g/mol. The van der Waals surface area contributed by atoms with E-state index < -0.39 is 5.97 Å². The van der Waals surface area contributed by atoms with Gasteiger partial charge in [-0.15, -0.1) is 0 Å². The van der Waals surface area contributed by atoms with Gasteiger partial charge < -0.3 is 20.1 Å². The fourth-order valence-electron chi connectivity index (χ4n) is 3.84. The van der Waals surface area contributed by atoms with Gasteiger partial charge in [0.25, 0.3) is 0 Å². The highest BCUT2D eigenvalue weighted by Gasteiger charge is 2.40. The van der Waals surface area contributed by atoms with E-state index in [-0.39, 0.29) is 42.8 Å². The summed E-state index contributed by atoms with van der Waals surface area (Å²) in [5.41, 5.74) is 0. The molecule has 1 unspecified atom stereocenters. The Morgan fingerprint density at radius 3 is 2.69 bits per heavy atom. The Bertz CT molecular complexity index is 545. The van der Waals surface area contributed by atoms with E-state index in [1.807, 2.05) is 4.90 Å². The second-order valence-corrected chi connectivity index (χ2v) is 7.83. The highest BCUT2D eigenvalue weighted by molar-refractivity contribution is 5.89. The summed E-state index contributed by atoms with van der Waals surface area (Å²) in [6.45, 7) is 2.38. The minimum atomic E-state index is -0.793. The molecule has 2 N–H and O–H groups in total. The van der Waals surface area contributed by atoms with E-state index in [1.54, 1.807) is 12.0 Å². The quantitative estimate of drug-likeness (QED) is 0.561. The van der Waals surface area contributed by atoms with Crippen molar-refractivity contribution in [2.24, 2.45) is 11.8 Å². The molecule has 3 rings (SSSR count). The minimum absolute atomic E-state index is 0.00533. The molecule has 8 nitrogen and oxygen atoms in total. The third-order valence-electron chi connectivity index (χ3n) is 5.65. The topological polar surface area (TPSA) is 99.2 Å². The number of likely N-dealkylation sites (tertiary alicyclic amines) is 1. The summed E-state index contributed by atoms with van der Waals surface area (Å²) in [4.78, 5) is 39.2. The number of rotatable bonds is 10. The average Bonchev–Trinajstić information content (AvgIpc) is 3.28. The molecule has 2 aliphatic carbocycles. The highest BCUT2D eigenvalue weighted by atomic mass is 16.5. The number of carbonyl (C=O) groups is 3. The fourth-order valence-corrected chi connectivity index (χ4v) is 3.84. The number of aliphatic carboxylic acids is 1. The van der Waals surface area contributed by atoms with Crippen LogP contribution >= 0.6 is 0 Å². The number of nitrogens with zero attached hydrogens (tertiary/aromatic N) is 2. The molecule has 0 aromatic carbocycles. The number of hydrogen-bond acceptors (Lipinski definition) is 5. The van der Waals surface area contributed by atoms with Crippen LogP contribution in [0.5, 0.6) is 0 Å². The minimum Gasteiger partial charge on any atom is -0.480 e. The van der Waals surface area contributed by atoms with Crippen LogP contribution in [-0.2, 0) is 19.1 Å². The molecule has 3 fully saturated rings. The smallest absolute Gasteiger partial charge is 0.317 e. The van der Waals surface area contributed by atoms with Gasteiger partial charge in [0.2, 0.25) is 11.8 Å². The average molecular weight is 367 g/mol. The Kier molecular flexibility index (Phi) is 6.13. The van der Waals surface area contributed by atoms with Gasteiger partial charge in [-0.3, -0.25) is 19.3 Å². The van der Waals surface area contributed by atoms with Gasteiger partial charge in [-0.05, 0) is 31.6 Å². The standard InChI is InChI=1S/C18H29N3O5/c1-26-5-4-20-10-13(6-16(20)22)18(25)19-14-7-15(8-14)21(11-17(23)24)9-12-2-3-12/h12-15H,2-11H2,1H3,(H,19,25)(H,23,24). The number of carbonyl (C=O) groups excluding carboxylic acids is 2. The molecule has 2 amide bonds. The van der Waals surface area contributed by atoms with E-state index in [4.69, 9.17) is 9.84 Å². The first kappa shape index (κ1) is 19.1. The second kappa shape index (κ2) is 8.35. The molecule has 0 bridgehead atoms. The van der Waals surface area contributed by atoms with E-state index in [2.05, 4.69) is 5.32 Å². The van der Waals surface area contributed by atoms with Crippen LogP contribution in [0.1, 0.15) is 32.1 Å². The molecule has 8 heteroatoms. The molecule has 0 aromatic rings. The van der Waals surface area contributed by atoms with Crippen molar-refractivity contribution in [3.8, 4) is 0 Å². The number of amides is 2. The van der Waals surface area contributed by atoms with Crippen molar-refractivity contribution in [1.82, 2.24) is 15.1 Å². The van der Waals surface area contributed by atoms with Crippen molar-refractivity contribution in [2.45, 2.75) is 44.2 Å². The third-order valence-corrected chi connectivity index (χ3v) is 5.65. The van der Waals surface area contributed by atoms with Crippen LogP contribution in [0.2, 0.25) is 0 Å². The second-order valence-electron chi connectivity index (χ2n) is 7.83. The molecule has 146 valence electrons. The van der Waals surface area contributed by atoms with Crippen LogP contribution in [0, 0.1) is 11.8 Å². The van der Waals surface area contributed by atoms with Gasteiger partial charge in [-0.1, -0.05) is 0 Å². The van der Waals surface area contributed by atoms with Gasteiger partial charge in [0.1, 0.15) is 0 Å². The largest absolute Gasteiger partial charge is 0.480 e. The van der Waals surface area contributed by atoms with Crippen molar-refractivity contribution in [3.05, 3.63) is 0 Å². The molecule has 1 saturated heterocycles. The van der Waals surface area contributed by atoms with Crippen LogP contribution in [0.3, 0.4) is 0 Å². The van der Waals surface area contributed by atoms with E-state index >= 15 is 0 Å². The van der Waals surface area contributed by atoms with Crippen molar-refractivity contribution in [1.29, 1.82) is 0 Å². The van der Waals surface area contributed by atoms with Gasteiger partial charge in [-0.2, -0.15) is 0 Å². The number of methoxy groups -OCH3 is 1. The number of carboxylic acid groups (broad SMARTS) is 1. The summed E-state index contributed by atoms with van der Waals surface area (Å²) >= 11 is 0. The molecule has 2 saturated carbocycles. The molecule has 1 atom stereocenters. The summed E-state index contributed by atoms with van der Waals surface area (Å²) in [5, 5.41) is 12.1. The molecule has 0 aromatic heterocycles. The molecule has 26 heavy (non-hydrogen) atoms. The van der Waals surface area contributed by atoms with E-state index in [9.17, 15) is 14.4 Å². The number of hydrogen-bond donors (Lipinski definition) is 2. The molecular formula is C18H29N3O5. The van der Waals surface area contributed by atoms with Crippen molar-refractivity contribution < 1.29 is 24.2 Å². The number of carboxylic acids is 1. The van der Waals surface area contributed by atoms with Crippen molar-refractivity contribution >= 4 is 17.8 Å². The summed E-state index contributed by atoms with van der Waals surface area (Å²) in [5.74, 6) is -0.497. The number of nitrogens with one attached hydrogen (secondary N) is 1. The molecule has 1 aliphatic heterocycles. The Hall–Kier alpha value is -1.67. The third kappa shape index (κ3) is 4.94. The molecule has 3 aliphatic rings. The lowest BCUT2D eigenvalue weighted by atomic mass is 9.84. The summed E-state index contributed by atoms with van der Waals surface area (Å²) in [7, 11) is 1.59. The van der Waals surface area contributed by atoms with Gasteiger partial charge in [-0.25, -0.2) is 0 Å². The Balaban J connectivity index is 1.41. The van der Waals surface area contributed by atoms with Gasteiger partial charge in [0.15, 0.2) is 0 Å². The van der Waals surface area contributed by atoms with Crippen LogP contribution < -0.4 is 5.32 Å². The predicted molar refractivity (Wildman–Crippen MR) is 93.4 cm³/mol. The first-order chi connectivity index (χ1) is 12.5. The number of ether oxygens (including phenoxy) is 1. The van der Waals surface area contributed by atoms with E-state index in [1.165, 1.54) is 12.8 Å². The normalized spacial score (nSPS) is 28.3. The zero-order valence-corrected chi connectivity index (χ0v) is 15.4. The Morgan fingerprint density at radius 1 is 1.35 bits per heavy atom. The zero-order valence-electron chi connectivity index (χ0n) is 15.4. The SMILES string of the molecule is COCCN1CC(C(=O)NC2CC(N(CC(=O)O)CC3CC3)C2)CC1=O. The highest BCUT2D eigenvalue weighted by Crippen LogP contribution is 2.34. The van der Waals surface area contributed by atoms with E-state index in [0.29, 0.717) is 25.6 Å². The maximum Gasteiger partial charge on any atom is 0.317 e. The Morgan fingerprint density at radius 2 is 2.08 bits per heavy atom. The van der Waals surface area contributed by atoms with Crippen LogP contribution in [0.25, 0.3) is 0 Å². The van der Waals surface area contributed by atoms with Crippen LogP contribution in [0.15, 0.2) is 0 Å². The van der Waals surface area contributed by atoms with Crippen LogP contribution in [0.4, 0.5) is 0 Å². The maximum atomic E-state index is 12.4. The lowest BCUT2D eigenvalue weighted by Crippen LogP contribution is -2.56.